The summed E-state index contributed by atoms with van der Waals surface area (Å²) in [5, 5.41) is 2.88. The molecule has 4 rings (SSSR count). The van der Waals surface area contributed by atoms with Gasteiger partial charge in [-0.2, -0.15) is 0 Å². The summed E-state index contributed by atoms with van der Waals surface area (Å²) in [4.78, 5) is 21.3. The van der Waals surface area contributed by atoms with E-state index in [2.05, 4.69) is 20.1 Å². The first-order chi connectivity index (χ1) is 14.1. The van der Waals surface area contributed by atoms with Crippen molar-refractivity contribution in [1.82, 2.24) is 4.98 Å². The van der Waals surface area contributed by atoms with Crippen LogP contribution in [-0.2, 0) is 0 Å². The largest absolute Gasteiger partial charge is 0.368 e. The predicted molar refractivity (Wildman–Crippen MR) is 114 cm³/mol. The Kier molecular flexibility index (Phi) is 5.42. The SMILES string of the molecule is Cc1ccc(C(=O)Nc2ccc(N3CCN(c4ccc(F)cc4)CC3)nc2)cc1. The molecule has 3 aromatic rings. The molecule has 1 aliphatic rings. The van der Waals surface area contributed by atoms with E-state index in [9.17, 15) is 9.18 Å². The Morgan fingerprint density at radius 1 is 0.897 bits per heavy atom. The maximum Gasteiger partial charge on any atom is 0.255 e. The molecule has 2 heterocycles. The fourth-order valence-corrected chi connectivity index (χ4v) is 3.40. The number of carbonyl (C=O) groups excluding carboxylic acids is 1. The van der Waals surface area contributed by atoms with E-state index >= 15 is 0 Å². The summed E-state index contributed by atoms with van der Waals surface area (Å²) in [5.74, 6) is 0.524. The molecular formula is C23H23FN4O. The van der Waals surface area contributed by atoms with Crippen LogP contribution in [0.4, 0.5) is 21.6 Å². The van der Waals surface area contributed by atoms with E-state index in [0.29, 0.717) is 11.3 Å². The van der Waals surface area contributed by atoms with Crippen molar-refractivity contribution in [3.8, 4) is 0 Å². The highest BCUT2D eigenvalue weighted by Gasteiger charge is 2.18. The van der Waals surface area contributed by atoms with Crippen molar-refractivity contribution >= 4 is 23.1 Å². The number of aryl methyl sites for hydroxylation is 1. The summed E-state index contributed by atoms with van der Waals surface area (Å²) < 4.78 is 13.1. The van der Waals surface area contributed by atoms with E-state index in [0.717, 1.165) is 43.2 Å². The quantitative estimate of drug-likeness (QED) is 0.728. The number of anilines is 3. The monoisotopic (exact) mass is 390 g/mol. The second kappa shape index (κ2) is 8.31. The van der Waals surface area contributed by atoms with Crippen molar-refractivity contribution in [2.75, 3.05) is 41.3 Å². The zero-order valence-corrected chi connectivity index (χ0v) is 16.3. The van der Waals surface area contributed by atoms with Gasteiger partial charge in [0.15, 0.2) is 0 Å². The molecule has 0 atom stereocenters. The van der Waals surface area contributed by atoms with Crippen LogP contribution in [0.15, 0.2) is 66.9 Å². The molecular weight excluding hydrogens is 367 g/mol. The molecule has 1 saturated heterocycles. The van der Waals surface area contributed by atoms with E-state index in [4.69, 9.17) is 0 Å². The van der Waals surface area contributed by atoms with Crippen molar-refractivity contribution < 1.29 is 9.18 Å². The standard InChI is InChI=1S/C23H23FN4O/c1-17-2-4-18(5-3-17)23(29)26-20-8-11-22(25-16-20)28-14-12-27(13-15-28)21-9-6-19(24)7-10-21/h2-11,16H,12-15H2,1H3,(H,26,29). The van der Waals surface area contributed by atoms with E-state index in [1.807, 2.05) is 55.5 Å². The number of aromatic nitrogens is 1. The Morgan fingerprint density at radius 3 is 2.17 bits per heavy atom. The minimum Gasteiger partial charge on any atom is -0.368 e. The van der Waals surface area contributed by atoms with Gasteiger partial charge in [0.2, 0.25) is 0 Å². The minimum atomic E-state index is -0.217. The first-order valence-electron chi connectivity index (χ1n) is 9.68. The Labute approximate surface area is 169 Å². The molecule has 29 heavy (non-hydrogen) atoms. The molecule has 0 saturated carbocycles. The smallest absolute Gasteiger partial charge is 0.255 e. The van der Waals surface area contributed by atoms with Gasteiger partial charge in [0, 0.05) is 37.4 Å². The van der Waals surface area contributed by atoms with E-state index in [1.165, 1.54) is 12.1 Å². The fourth-order valence-electron chi connectivity index (χ4n) is 3.40. The van der Waals surface area contributed by atoms with Crippen LogP contribution in [0.2, 0.25) is 0 Å². The number of piperazine rings is 1. The minimum absolute atomic E-state index is 0.146. The maximum atomic E-state index is 13.1. The van der Waals surface area contributed by atoms with Gasteiger partial charge in [-0.3, -0.25) is 4.79 Å². The van der Waals surface area contributed by atoms with E-state index in [-0.39, 0.29) is 11.7 Å². The van der Waals surface area contributed by atoms with Gasteiger partial charge in [-0.25, -0.2) is 9.37 Å². The number of benzene rings is 2. The average Bonchev–Trinajstić information content (AvgIpc) is 2.75. The van der Waals surface area contributed by atoms with Crippen LogP contribution in [0.3, 0.4) is 0 Å². The fraction of sp³-hybridized carbons (Fsp3) is 0.217. The topological polar surface area (TPSA) is 48.5 Å². The van der Waals surface area contributed by atoms with Crippen molar-refractivity contribution in [1.29, 1.82) is 0 Å². The van der Waals surface area contributed by atoms with Gasteiger partial charge in [0.25, 0.3) is 5.91 Å². The average molecular weight is 390 g/mol. The summed E-state index contributed by atoms with van der Waals surface area (Å²) in [7, 11) is 0. The second-order valence-electron chi connectivity index (χ2n) is 7.18. The number of carbonyl (C=O) groups is 1. The number of halogens is 1. The lowest BCUT2D eigenvalue weighted by atomic mass is 10.1. The lowest BCUT2D eigenvalue weighted by Crippen LogP contribution is -2.46. The van der Waals surface area contributed by atoms with Crippen molar-refractivity contribution in [2.45, 2.75) is 6.92 Å². The highest BCUT2D eigenvalue weighted by Crippen LogP contribution is 2.21. The molecule has 0 aliphatic carbocycles. The van der Waals surface area contributed by atoms with Crippen molar-refractivity contribution in [2.24, 2.45) is 0 Å². The summed E-state index contributed by atoms with van der Waals surface area (Å²) in [6.45, 7) is 5.35. The van der Waals surface area contributed by atoms with E-state index < -0.39 is 0 Å². The molecule has 6 heteroatoms. The molecule has 1 aromatic heterocycles. The van der Waals surface area contributed by atoms with Gasteiger partial charge in [0.05, 0.1) is 11.9 Å². The van der Waals surface area contributed by atoms with Crippen LogP contribution >= 0.6 is 0 Å². The second-order valence-corrected chi connectivity index (χ2v) is 7.18. The Balaban J connectivity index is 1.34. The number of nitrogens with zero attached hydrogens (tertiary/aromatic N) is 3. The summed E-state index contributed by atoms with van der Waals surface area (Å²) >= 11 is 0. The van der Waals surface area contributed by atoms with Crippen LogP contribution in [0.1, 0.15) is 15.9 Å². The van der Waals surface area contributed by atoms with Crippen LogP contribution in [-0.4, -0.2) is 37.1 Å². The van der Waals surface area contributed by atoms with Crippen LogP contribution in [0.5, 0.6) is 0 Å². The number of nitrogens with one attached hydrogen (secondary N) is 1. The summed E-state index contributed by atoms with van der Waals surface area (Å²) in [6.07, 6.45) is 1.69. The Hall–Kier alpha value is -3.41. The number of pyridine rings is 1. The van der Waals surface area contributed by atoms with Gasteiger partial charge < -0.3 is 15.1 Å². The van der Waals surface area contributed by atoms with Crippen LogP contribution in [0.25, 0.3) is 0 Å². The zero-order chi connectivity index (χ0) is 20.2. The zero-order valence-electron chi connectivity index (χ0n) is 16.3. The highest BCUT2D eigenvalue weighted by molar-refractivity contribution is 6.04. The van der Waals surface area contributed by atoms with Crippen molar-refractivity contribution in [3.05, 3.63) is 83.8 Å². The third kappa shape index (κ3) is 4.54. The normalized spacial score (nSPS) is 14.0. The molecule has 0 unspecified atom stereocenters. The number of hydrogen-bond acceptors (Lipinski definition) is 4. The van der Waals surface area contributed by atoms with Gasteiger partial charge in [-0.15, -0.1) is 0 Å². The van der Waals surface area contributed by atoms with Gasteiger partial charge in [-0.1, -0.05) is 17.7 Å². The first kappa shape index (κ1) is 18.9. The third-order valence-corrected chi connectivity index (χ3v) is 5.11. The lowest BCUT2D eigenvalue weighted by molar-refractivity contribution is 0.102. The van der Waals surface area contributed by atoms with Crippen LogP contribution < -0.4 is 15.1 Å². The van der Waals surface area contributed by atoms with Crippen LogP contribution in [0, 0.1) is 12.7 Å². The highest BCUT2D eigenvalue weighted by atomic mass is 19.1. The molecule has 1 amide bonds. The van der Waals surface area contributed by atoms with Gasteiger partial charge in [0.1, 0.15) is 11.6 Å². The lowest BCUT2D eigenvalue weighted by Gasteiger charge is -2.36. The Morgan fingerprint density at radius 2 is 1.55 bits per heavy atom. The molecule has 0 radical (unpaired) electrons. The molecule has 1 N–H and O–H groups in total. The van der Waals surface area contributed by atoms with Gasteiger partial charge >= 0.3 is 0 Å². The first-order valence-corrected chi connectivity index (χ1v) is 9.68. The number of hydrogen-bond donors (Lipinski definition) is 1. The molecule has 148 valence electrons. The molecule has 0 bridgehead atoms. The molecule has 5 nitrogen and oxygen atoms in total. The maximum absolute atomic E-state index is 13.1. The predicted octanol–water partition coefficient (Wildman–Crippen LogP) is 4.11. The third-order valence-electron chi connectivity index (χ3n) is 5.11. The van der Waals surface area contributed by atoms with Gasteiger partial charge in [-0.05, 0) is 55.5 Å². The Bertz CT molecular complexity index is 963. The molecule has 2 aromatic carbocycles. The number of rotatable bonds is 4. The summed E-state index contributed by atoms with van der Waals surface area (Å²) in [6, 6.07) is 17.9. The number of amides is 1. The molecule has 1 aliphatic heterocycles. The molecule has 1 fully saturated rings. The molecule has 0 spiro atoms. The van der Waals surface area contributed by atoms with Crippen molar-refractivity contribution in [3.63, 3.8) is 0 Å². The summed E-state index contributed by atoms with van der Waals surface area (Å²) in [5.41, 5.74) is 3.45. The van der Waals surface area contributed by atoms with E-state index in [1.54, 1.807) is 6.20 Å².